The molecule has 7 nitrogen and oxygen atoms in total. The van der Waals surface area contributed by atoms with E-state index in [1.54, 1.807) is 5.32 Å². The van der Waals surface area contributed by atoms with Crippen LogP contribution in [0.5, 0.6) is 0 Å². The van der Waals surface area contributed by atoms with Crippen molar-refractivity contribution in [3.63, 3.8) is 0 Å². The number of hydrogen-bond acceptors (Lipinski definition) is 6. The van der Waals surface area contributed by atoms with Gasteiger partial charge in [0.05, 0.1) is 24.3 Å². The highest BCUT2D eigenvalue weighted by molar-refractivity contribution is 8.10. The standard InChI is InChI=1S/C2H7N5O2S2/c3-1(8)6-2(9)7(10-4)11-5/h4-5H2,(H3,3,6,8,9). The Morgan fingerprint density at radius 3 is 2.00 bits per heavy atom. The van der Waals surface area contributed by atoms with E-state index < -0.39 is 12.1 Å². The number of imide groups is 1. The van der Waals surface area contributed by atoms with E-state index in [0.29, 0.717) is 24.3 Å². The molecule has 0 fully saturated rings. The quantitative estimate of drug-likeness (QED) is 0.426. The van der Waals surface area contributed by atoms with Gasteiger partial charge in [0, 0.05) is 0 Å². The van der Waals surface area contributed by atoms with Gasteiger partial charge in [-0.05, 0) is 0 Å². The number of urea groups is 2. The van der Waals surface area contributed by atoms with Gasteiger partial charge in [0.2, 0.25) is 0 Å². The van der Waals surface area contributed by atoms with Crippen LogP contribution in [-0.2, 0) is 0 Å². The number of primary amides is 1. The minimum atomic E-state index is -0.955. The highest BCUT2D eigenvalue weighted by Gasteiger charge is 2.13. The van der Waals surface area contributed by atoms with Crippen LogP contribution in [0, 0.1) is 0 Å². The summed E-state index contributed by atoms with van der Waals surface area (Å²) in [4.78, 5) is 20.8. The Labute approximate surface area is 71.5 Å². The number of nitrogens with two attached hydrogens (primary N) is 3. The molecule has 0 spiro atoms. The zero-order valence-electron chi connectivity index (χ0n) is 5.31. The maximum atomic E-state index is 10.7. The molecule has 0 aliphatic carbocycles. The van der Waals surface area contributed by atoms with E-state index in [-0.39, 0.29) is 0 Å². The molecule has 4 amide bonds. The summed E-state index contributed by atoms with van der Waals surface area (Å²) in [5, 5.41) is 11.7. The number of carbonyl (C=O) groups is 2. The molecule has 9 heteroatoms. The fraction of sp³-hybridized carbons (Fsp3) is 0. The topological polar surface area (TPSA) is 127 Å². The van der Waals surface area contributed by atoms with Crippen LogP contribution < -0.4 is 21.3 Å². The number of amides is 4. The third kappa shape index (κ3) is 3.93. The van der Waals surface area contributed by atoms with Crippen LogP contribution in [0.25, 0.3) is 0 Å². The Kier molecular flexibility index (Phi) is 4.77. The van der Waals surface area contributed by atoms with Crippen molar-refractivity contribution in [1.29, 1.82) is 0 Å². The van der Waals surface area contributed by atoms with E-state index >= 15 is 0 Å². The lowest BCUT2D eigenvalue weighted by atomic mass is 10.9. The molecule has 0 bridgehead atoms. The summed E-state index contributed by atoms with van der Waals surface area (Å²) in [6, 6.07) is -1.72. The molecule has 0 unspecified atom stereocenters. The highest BCUT2D eigenvalue weighted by Crippen LogP contribution is 2.09. The van der Waals surface area contributed by atoms with E-state index in [9.17, 15) is 9.59 Å². The van der Waals surface area contributed by atoms with Crippen LogP contribution in [-0.4, -0.2) is 15.8 Å². The summed E-state index contributed by atoms with van der Waals surface area (Å²) < 4.78 is 0.852. The van der Waals surface area contributed by atoms with Crippen molar-refractivity contribution >= 4 is 36.3 Å². The summed E-state index contributed by atoms with van der Waals surface area (Å²) in [6.45, 7) is 0. The molecule has 0 saturated heterocycles. The third-order valence-electron chi connectivity index (χ3n) is 0.587. The van der Waals surface area contributed by atoms with Crippen LogP contribution in [0.4, 0.5) is 9.59 Å². The molecular formula is C2H7N5O2S2. The Morgan fingerprint density at radius 2 is 1.73 bits per heavy atom. The average Bonchev–Trinajstić information content (AvgIpc) is 1.88. The van der Waals surface area contributed by atoms with Crippen LogP contribution in [0.3, 0.4) is 0 Å². The first-order chi connectivity index (χ1) is 5.11. The van der Waals surface area contributed by atoms with Crippen molar-refractivity contribution in [2.24, 2.45) is 16.0 Å². The Balaban J connectivity index is 3.89. The normalized spacial score (nSPS) is 8.91. The summed E-state index contributed by atoms with van der Waals surface area (Å²) in [7, 11) is 0. The molecule has 0 aliphatic rings. The summed E-state index contributed by atoms with van der Waals surface area (Å²) in [5.41, 5.74) is 4.64. The lowest BCUT2D eigenvalue weighted by Gasteiger charge is -2.12. The molecule has 7 N–H and O–H groups in total. The van der Waals surface area contributed by atoms with E-state index in [2.05, 4.69) is 5.73 Å². The summed E-state index contributed by atoms with van der Waals surface area (Å²) in [6.07, 6.45) is 0. The lowest BCUT2D eigenvalue weighted by molar-refractivity contribution is 0.230. The summed E-state index contributed by atoms with van der Waals surface area (Å²) in [5.74, 6) is 0. The number of carbonyl (C=O) groups excluding carboxylic acids is 2. The highest BCUT2D eigenvalue weighted by atomic mass is 32.2. The van der Waals surface area contributed by atoms with Gasteiger partial charge in [-0.1, -0.05) is 0 Å². The first-order valence-corrected chi connectivity index (χ1v) is 3.93. The lowest BCUT2D eigenvalue weighted by Crippen LogP contribution is -2.40. The van der Waals surface area contributed by atoms with Crippen LogP contribution in [0.15, 0.2) is 0 Å². The van der Waals surface area contributed by atoms with Gasteiger partial charge < -0.3 is 5.73 Å². The van der Waals surface area contributed by atoms with Gasteiger partial charge in [-0.25, -0.2) is 9.59 Å². The zero-order chi connectivity index (χ0) is 8.85. The van der Waals surface area contributed by atoms with Crippen molar-refractivity contribution in [2.45, 2.75) is 0 Å². The molecule has 0 atom stereocenters. The van der Waals surface area contributed by atoms with Crippen molar-refractivity contribution in [3.8, 4) is 0 Å². The third-order valence-corrected chi connectivity index (χ3v) is 1.82. The number of rotatable bonds is 2. The second kappa shape index (κ2) is 5.07. The fourth-order valence-corrected chi connectivity index (χ4v) is 0.753. The molecule has 64 valence electrons. The molecule has 0 saturated carbocycles. The fourth-order valence-electron chi connectivity index (χ4n) is 0.272. The van der Waals surface area contributed by atoms with Crippen molar-refractivity contribution in [3.05, 3.63) is 0 Å². The van der Waals surface area contributed by atoms with Crippen LogP contribution in [0.1, 0.15) is 0 Å². The van der Waals surface area contributed by atoms with Gasteiger partial charge in [-0.15, -0.1) is 0 Å². The maximum absolute atomic E-state index is 10.7. The molecule has 0 aromatic rings. The molecular weight excluding hydrogens is 190 g/mol. The molecule has 0 aliphatic heterocycles. The first-order valence-electron chi connectivity index (χ1n) is 2.26. The molecule has 0 radical (unpaired) electrons. The van der Waals surface area contributed by atoms with E-state index in [1.807, 2.05) is 0 Å². The SMILES string of the molecule is NSN(SN)C(=O)NC(N)=O. The predicted octanol–water partition coefficient (Wildman–Crippen LogP) is -0.880. The number of nitrogens with zero attached hydrogens (tertiary/aromatic N) is 1. The van der Waals surface area contributed by atoms with Gasteiger partial charge in [-0.3, -0.25) is 15.6 Å². The van der Waals surface area contributed by atoms with Crippen LogP contribution in [0.2, 0.25) is 0 Å². The van der Waals surface area contributed by atoms with Crippen molar-refractivity contribution in [1.82, 2.24) is 9.03 Å². The van der Waals surface area contributed by atoms with Crippen LogP contribution >= 0.6 is 24.3 Å². The predicted molar refractivity (Wildman–Crippen MR) is 43.5 cm³/mol. The van der Waals surface area contributed by atoms with Gasteiger partial charge in [0.25, 0.3) is 0 Å². The second-order valence-electron chi connectivity index (χ2n) is 1.26. The minimum Gasteiger partial charge on any atom is -0.351 e. The molecule has 0 rings (SSSR count). The summed E-state index contributed by atoms with van der Waals surface area (Å²) >= 11 is 1.14. The van der Waals surface area contributed by atoms with E-state index in [1.165, 1.54) is 0 Å². The smallest absolute Gasteiger partial charge is 0.347 e. The van der Waals surface area contributed by atoms with E-state index in [4.69, 9.17) is 10.3 Å². The van der Waals surface area contributed by atoms with Gasteiger partial charge >= 0.3 is 12.1 Å². The van der Waals surface area contributed by atoms with E-state index in [0.717, 1.165) is 3.71 Å². The number of hydrogen-bond donors (Lipinski definition) is 4. The van der Waals surface area contributed by atoms with Gasteiger partial charge in [-0.2, -0.15) is 3.71 Å². The monoisotopic (exact) mass is 197 g/mol. The van der Waals surface area contributed by atoms with Gasteiger partial charge in [0.1, 0.15) is 0 Å². The first kappa shape index (κ1) is 10.4. The average molecular weight is 197 g/mol. The van der Waals surface area contributed by atoms with Crippen molar-refractivity contribution in [2.75, 3.05) is 0 Å². The van der Waals surface area contributed by atoms with Crippen molar-refractivity contribution < 1.29 is 9.59 Å². The molecule has 0 aromatic heterocycles. The maximum Gasteiger partial charge on any atom is 0.347 e. The minimum absolute atomic E-state index is 0.571. The number of nitrogens with one attached hydrogen (secondary N) is 1. The molecule has 11 heavy (non-hydrogen) atoms. The molecule has 0 aromatic carbocycles. The Bertz CT molecular complexity index is 159. The zero-order valence-corrected chi connectivity index (χ0v) is 6.95. The Morgan fingerprint density at radius 1 is 1.27 bits per heavy atom. The Hall–Kier alpha value is -0.640. The molecule has 0 heterocycles. The largest absolute Gasteiger partial charge is 0.351 e. The second-order valence-corrected chi connectivity index (χ2v) is 2.65. The van der Waals surface area contributed by atoms with Gasteiger partial charge in [0.15, 0.2) is 0 Å².